The standard InChI is InChI=1S/C28H39N3O6/c1-4-16-30(20-12-10-19(11-13-20)29(5-2)6-3)26(34)24-28-15-14-21(37-28)22(27(35)36)23(28)25(33)31(24)17-8-7-9-18-32/h4,10-13,21-24,32H,1,5-9,14-18H2,2-3H3,(H,35,36)/t21-,22+,23+,24-,28+/m1/s1. The van der Waals surface area contributed by atoms with Crippen LogP contribution in [0, 0.1) is 11.8 Å². The minimum absolute atomic E-state index is 0.0609. The number of benzene rings is 1. The smallest absolute Gasteiger partial charge is 0.310 e. The van der Waals surface area contributed by atoms with Crippen molar-refractivity contribution in [3.8, 4) is 0 Å². The van der Waals surface area contributed by atoms with E-state index >= 15 is 0 Å². The van der Waals surface area contributed by atoms with Crippen molar-refractivity contribution in [3.63, 3.8) is 0 Å². The average molecular weight is 514 g/mol. The van der Waals surface area contributed by atoms with Crippen molar-refractivity contribution in [1.82, 2.24) is 4.90 Å². The number of aliphatic hydroxyl groups is 1. The van der Waals surface area contributed by atoms with Crippen molar-refractivity contribution < 1.29 is 29.3 Å². The molecule has 0 radical (unpaired) electrons. The zero-order valence-corrected chi connectivity index (χ0v) is 21.8. The Labute approximate surface area is 218 Å². The number of unbranched alkanes of at least 4 members (excludes halogenated alkanes) is 2. The number of amides is 2. The van der Waals surface area contributed by atoms with Crippen molar-refractivity contribution >= 4 is 29.2 Å². The van der Waals surface area contributed by atoms with Gasteiger partial charge in [-0.15, -0.1) is 6.58 Å². The lowest BCUT2D eigenvalue weighted by Crippen LogP contribution is -2.56. The van der Waals surface area contributed by atoms with E-state index in [0.29, 0.717) is 44.3 Å². The number of carbonyl (C=O) groups is 3. The van der Waals surface area contributed by atoms with E-state index in [1.807, 2.05) is 24.3 Å². The number of fused-ring (bicyclic) bond motifs is 1. The summed E-state index contributed by atoms with van der Waals surface area (Å²) in [5.74, 6) is -3.45. The van der Waals surface area contributed by atoms with Gasteiger partial charge in [-0.1, -0.05) is 6.08 Å². The van der Waals surface area contributed by atoms with Gasteiger partial charge in [-0.2, -0.15) is 0 Å². The van der Waals surface area contributed by atoms with E-state index in [1.54, 1.807) is 15.9 Å². The summed E-state index contributed by atoms with van der Waals surface area (Å²) < 4.78 is 6.30. The van der Waals surface area contributed by atoms with E-state index in [0.717, 1.165) is 18.8 Å². The zero-order chi connectivity index (χ0) is 26.7. The molecule has 2 bridgehead atoms. The molecule has 1 aromatic rings. The van der Waals surface area contributed by atoms with Gasteiger partial charge in [0, 0.05) is 44.2 Å². The fourth-order valence-corrected chi connectivity index (χ4v) is 6.56. The molecule has 0 aliphatic carbocycles. The molecule has 37 heavy (non-hydrogen) atoms. The molecular weight excluding hydrogens is 474 g/mol. The first-order chi connectivity index (χ1) is 17.8. The zero-order valence-electron chi connectivity index (χ0n) is 21.8. The Kier molecular flexibility index (Phi) is 8.23. The minimum Gasteiger partial charge on any atom is -0.481 e. The predicted molar refractivity (Wildman–Crippen MR) is 140 cm³/mol. The second-order valence-electron chi connectivity index (χ2n) is 10.1. The number of aliphatic hydroxyl groups excluding tert-OH is 1. The first-order valence-electron chi connectivity index (χ1n) is 13.4. The summed E-state index contributed by atoms with van der Waals surface area (Å²) in [5, 5.41) is 19.1. The molecule has 1 spiro atoms. The molecule has 3 aliphatic rings. The second kappa shape index (κ2) is 11.2. The number of anilines is 2. The number of likely N-dealkylation sites (tertiary alicyclic amines) is 1. The van der Waals surface area contributed by atoms with Crippen molar-refractivity contribution in [2.24, 2.45) is 11.8 Å². The Morgan fingerprint density at radius 1 is 1.16 bits per heavy atom. The van der Waals surface area contributed by atoms with Crippen molar-refractivity contribution in [3.05, 3.63) is 36.9 Å². The van der Waals surface area contributed by atoms with E-state index in [9.17, 15) is 19.5 Å². The van der Waals surface area contributed by atoms with Gasteiger partial charge < -0.3 is 29.6 Å². The molecule has 3 fully saturated rings. The monoisotopic (exact) mass is 513 g/mol. The summed E-state index contributed by atoms with van der Waals surface area (Å²) in [5.41, 5.74) is 0.608. The molecule has 0 saturated carbocycles. The number of carboxylic acid groups (broad SMARTS) is 1. The summed E-state index contributed by atoms with van der Waals surface area (Å²) >= 11 is 0. The third-order valence-electron chi connectivity index (χ3n) is 8.24. The molecule has 5 atom stereocenters. The highest BCUT2D eigenvalue weighted by molar-refractivity contribution is 6.04. The summed E-state index contributed by atoms with van der Waals surface area (Å²) in [6.45, 7) is 10.4. The number of aliphatic carboxylic acids is 1. The van der Waals surface area contributed by atoms with E-state index in [4.69, 9.17) is 9.84 Å². The molecule has 2 N–H and O–H groups in total. The number of carbonyl (C=O) groups excluding carboxylic acids is 2. The fourth-order valence-electron chi connectivity index (χ4n) is 6.56. The first-order valence-corrected chi connectivity index (χ1v) is 13.4. The van der Waals surface area contributed by atoms with E-state index in [2.05, 4.69) is 25.3 Å². The van der Waals surface area contributed by atoms with Gasteiger partial charge in [-0.05, 0) is 70.2 Å². The predicted octanol–water partition coefficient (Wildman–Crippen LogP) is 2.67. The quantitative estimate of drug-likeness (QED) is 0.308. The fraction of sp³-hybridized carbons (Fsp3) is 0.607. The Bertz CT molecular complexity index is 1010. The topological polar surface area (TPSA) is 111 Å². The summed E-state index contributed by atoms with van der Waals surface area (Å²) in [7, 11) is 0. The number of carboxylic acids is 1. The van der Waals surface area contributed by atoms with Crippen LogP contribution in [0.1, 0.15) is 46.0 Å². The van der Waals surface area contributed by atoms with Gasteiger partial charge in [0.05, 0.1) is 17.9 Å². The highest BCUT2D eigenvalue weighted by atomic mass is 16.5. The maximum Gasteiger partial charge on any atom is 0.310 e. The Hall–Kier alpha value is -2.91. The SMILES string of the molecule is C=CCN(C(=O)[C@H]1N(CCCCCO)C(=O)[C@@H]2[C@@H](C(=O)O)[C@H]3CC[C@]21O3)c1ccc(N(CC)CC)cc1. The molecule has 4 rings (SSSR count). The van der Waals surface area contributed by atoms with Gasteiger partial charge in [0.1, 0.15) is 11.6 Å². The average Bonchev–Trinajstić information content (AvgIpc) is 3.53. The maximum absolute atomic E-state index is 14.3. The van der Waals surface area contributed by atoms with Crippen LogP contribution in [0.25, 0.3) is 0 Å². The van der Waals surface area contributed by atoms with Gasteiger partial charge in [0.2, 0.25) is 5.91 Å². The van der Waals surface area contributed by atoms with E-state index in [1.165, 1.54) is 0 Å². The molecule has 0 unspecified atom stereocenters. The van der Waals surface area contributed by atoms with Crippen LogP contribution in [-0.4, -0.2) is 83.4 Å². The molecule has 2 amide bonds. The number of hydrogen-bond acceptors (Lipinski definition) is 6. The molecule has 0 aromatic heterocycles. The lowest BCUT2D eigenvalue weighted by atomic mass is 9.70. The number of rotatable bonds is 13. The maximum atomic E-state index is 14.3. The number of nitrogens with zero attached hydrogens (tertiary/aromatic N) is 3. The molecule has 1 aromatic carbocycles. The van der Waals surface area contributed by atoms with Gasteiger partial charge in [-0.3, -0.25) is 14.4 Å². The lowest BCUT2D eigenvalue weighted by molar-refractivity contribution is -0.149. The third kappa shape index (κ3) is 4.63. The highest BCUT2D eigenvalue weighted by Crippen LogP contribution is 2.58. The van der Waals surface area contributed by atoms with Crippen LogP contribution >= 0.6 is 0 Å². The largest absolute Gasteiger partial charge is 0.481 e. The van der Waals surface area contributed by atoms with E-state index < -0.39 is 35.6 Å². The Balaban J connectivity index is 1.69. The first kappa shape index (κ1) is 27.1. The van der Waals surface area contributed by atoms with E-state index in [-0.39, 0.29) is 25.0 Å². The van der Waals surface area contributed by atoms with Crippen molar-refractivity contribution in [1.29, 1.82) is 0 Å². The van der Waals surface area contributed by atoms with Crippen LogP contribution in [0.3, 0.4) is 0 Å². The van der Waals surface area contributed by atoms with Crippen molar-refractivity contribution in [2.45, 2.75) is 63.7 Å². The van der Waals surface area contributed by atoms with Crippen molar-refractivity contribution in [2.75, 3.05) is 42.6 Å². The minimum atomic E-state index is -1.14. The van der Waals surface area contributed by atoms with Crippen LogP contribution in [0.15, 0.2) is 36.9 Å². The number of ether oxygens (including phenoxy) is 1. The van der Waals surface area contributed by atoms with Gasteiger partial charge >= 0.3 is 5.97 Å². The van der Waals surface area contributed by atoms with Crippen LogP contribution in [0.4, 0.5) is 11.4 Å². The molecular formula is C28H39N3O6. The summed E-state index contributed by atoms with van der Waals surface area (Å²) in [6, 6.07) is 6.87. The van der Waals surface area contributed by atoms with Crippen LogP contribution < -0.4 is 9.80 Å². The van der Waals surface area contributed by atoms with Crippen LogP contribution in [-0.2, 0) is 19.1 Å². The van der Waals surface area contributed by atoms with Gasteiger partial charge in [0.25, 0.3) is 5.91 Å². The third-order valence-corrected chi connectivity index (χ3v) is 8.24. The summed E-state index contributed by atoms with van der Waals surface area (Å²) in [4.78, 5) is 45.6. The molecule has 3 aliphatic heterocycles. The number of hydrogen-bond donors (Lipinski definition) is 2. The highest BCUT2D eigenvalue weighted by Gasteiger charge is 2.74. The van der Waals surface area contributed by atoms with Crippen LogP contribution in [0.2, 0.25) is 0 Å². The molecule has 3 heterocycles. The Morgan fingerprint density at radius 3 is 2.43 bits per heavy atom. The van der Waals surface area contributed by atoms with Gasteiger partial charge in [-0.25, -0.2) is 0 Å². The molecule has 202 valence electrons. The molecule has 3 saturated heterocycles. The normalized spacial score (nSPS) is 27.9. The lowest BCUT2D eigenvalue weighted by Gasteiger charge is -2.37. The van der Waals surface area contributed by atoms with Gasteiger partial charge in [0.15, 0.2) is 0 Å². The molecule has 9 heteroatoms. The van der Waals surface area contributed by atoms with Crippen LogP contribution in [0.5, 0.6) is 0 Å². The second-order valence-corrected chi connectivity index (χ2v) is 10.1. The summed E-state index contributed by atoms with van der Waals surface area (Å²) in [6.07, 6.45) is 4.01. The molecule has 9 nitrogen and oxygen atoms in total. The Morgan fingerprint density at radius 2 is 1.84 bits per heavy atom.